The van der Waals surface area contributed by atoms with Gasteiger partial charge in [-0.05, 0) is 32.4 Å². The predicted octanol–water partition coefficient (Wildman–Crippen LogP) is 2.20. The van der Waals surface area contributed by atoms with Crippen molar-refractivity contribution in [2.45, 2.75) is 52.2 Å². The van der Waals surface area contributed by atoms with Gasteiger partial charge in [-0.3, -0.25) is 9.59 Å². The lowest BCUT2D eigenvalue weighted by atomic mass is 9.54. The quantitative estimate of drug-likeness (QED) is 0.859. The number of hydrogen-bond donors (Lipinski definition) is 1. The number of rotatable bonds is 4. The molecular formula is C22H33N3O3. The molecule has 3 rings (SSSR count). The molecule has 154 valence electrons. The summed E-state index contributed by atoms with van der Waals surface area (Å²) >= 11 is 0. The van der Waals surface area contributed by atoms with Crippen molar-refractivity contribution >= 4 is 11.8 Å². The molecule has 2 amide bonds. The smallest absolute Gasteiger partial charge is 0.253 e. The van der Waals surface area contributed by atoms with Crippen LogP contribution in [0.15, 0.2) is 24.3 Å². The van der Waals surface area contributed by atoms with Crippen molar-refractivity contribution in [3.05, 3.63) is 35.4 Å². The summed E-state index contributed by atoms with van der Waals surface area (Å²) in [6.45, 7) is 10.9. The lowest BCUT2D eigenvalue weighted by Crippen LogP contribution is -2.76. The number of carbonyl (C=O) groups is 2. The maximum absolute atomic E-state index is 13.3. The summed E-state index contributed by atoms with van der Waals surface area (Å²) < 4.78 is 5.75. The van der Waals surface area contributed by atoms with Crippen LogP contribution in [-0.4, -0.2) is 66.0 Å². The number of ether oxygens (including phenoxy) is 1. The Balaban J connectivity index is 1.65. The van der Waals surface area contributed by atoms with Crippen LogP contribution in [-0.2, 0) is 9.53 Å². The molecule has 6 nitrogen and oxygen atoms in total. The van der Waals surface area contributed by atoms with E-state index in [2.05, 4.69) is 0 Å². The maximum atomic E-state index is 13.3. The van der Waals surface area contributed by atoms with Gasteiger partial charge in [-0.25, -0.2) is 0 Å². The molecule has 2 fully saturated rings. The van der Waals surface area contributed by atoms with Gasteiger partial charge >= 0.3 is 0 Å². The zero-order chi connectivity index (χ0) is 20.5. The molecule has 2 atom stereocenters. The first-order chi connectivity index (χ1) is 13.2. The van der Waals surface area contributed by atoms with Gasteiger partial charge in [0.1, 0.15) is 5.54 Å². The van der Waals surface area contributed by atoms with Crippen LogP contribution >= 0.6 is 0 Å². The molecule has 2 N–H and O–H groups in total. The van der Waals surface area contributed by atoms with E-state index in [1.54, 1.807) is 0 Å². The van der Waals surface area contributed by atoms with Crippen LogP contribution in [0.5, 0.6) is 0 Å². The van der Waals surface area contributed by atoms with Crippen molar-refractivity contribution in [3.8, 4) is 0 Å². The van der Waals surface area contributed by atoms with Gasteiger partial charge < -0.3 is 20.3 Å². The van der Waals surface area contributed by atoms with Crippen molar-refractivity contribution in [2.24, 2.45) is 11.1 Å². The molecule has 0 spiro atoms. The predicted molar refractivity (Wildman–Crippen MR) is 109 cm³/mol. The number of nitrogens with zero attached hydrogens (tertiary/aromatic N) is 2. The summed E-state index contributed by atoms with van der Waals surface area (Å²) in [7, 11) is 0. The van der Waals surface area contributed by atoms with Crippen LogP contribution in [0.25, 0.3) is 0 Å². The van der Waals surface area contributed by atoms with E-state index >= 15 is 0 Å². The molecule has 1 aliphatic carbocycles. The minimum Gasteiger partial charge on any atom is -0.378 e. The Kier molecular flexibility index (Phi) is 5.82. The molecule has 1 aromatic carbocycles. The van der Waals surface area contributed by atoms with Crippen LogP contribution < -0.4 is 5.73 Å². The van der Waals surface area contributed by atoms with Crippen LogP contribution in [0.3, 0.4) is 0 Å². The zero-order valence-electron chi connectivity index (χ0n) is 17.5. The molecule has 2 unspecified atom stereocenters. The van der Waals surface area contributed by atoms with Crippen molar-refractivity contribution < 1.29 is 14.3 Å². The molecule has 1 saturated heterocycles. The second-order valence-electron chi connectivity index (χ2n) is 8.65. The van der Waals surface area contributed by atoms with Crippen LogP contribution in [0.4, 0.5) is 0 Å². The van der Waals surface area contributed by atoms with E-state index in [4.69, 9.17) is 10.5 Å². The number of benzene rings is 1. The highest BCUT2D eigenvalue weighted by molar-refractivity contribution is 5.94. The lowest BCUT2D eigenvalue weighted by molar-refractivity contribution is -0.179. The monoisotopic (exact) mass is 387 g/mol. The van der Waals surface area contributed by atoms with E-state index in [1.165, 1.54) is 0 Å². The average molecular weight is 388 g/mol. The van der Waals surface area contributed by atoms with Crippen molar-refractivity contribution in [1.82, 2.24) is 9.80 Å². The highest BCUT2D eigenvalue weighted by Gasteiger charge is 2.63. The molecule has 1 aromatic rings. The molecule has 2 aliphatic rings. The Bertz CT molecular complexity index is 748. The Morgan fingerprint density at radius 3 is 2.50 bits per heavy atom. The zero-order valence-corrected chi connectivity index (χ0v) is 17.5. The van der Waals surface area contributed by atoms with Gasteiger partial charge in [0.25, 0.3) is 5.91 Å². The van der Waals surface area contributed by atoms with Gasteiger partial charge in [-0.1, -0.05) is 31.5 Å². The summed E-state index contributed by atoms with van der Waals surface area (Å²) in [6, 6.07) is 7.65. The highest BCUT2D eigenvalue weighted by Crippen LogP contribution is 2.50. The van der Waals surface area contributed by atoms with E-state index in [0.717, 1.165) is 12.0 Å². The first kappa shape index (κ1) is 20.8. The third-order valence-electron chi connectivity index (χ3n) is 6.55. The summed E-state index contributed by atoms with van der Waals surface area (Å²) in [6.07, 6.45) is 1.32. The Labute approximate surface area is 168 Å². The summed E-state index contributed by atoms with van der Waals surface area (Å²) in [5.41, 5.74) is 7.05. The van der Waals surface area contributed by atoms with Crippen molar-refractivity contribution in [2.75, 3.05) is 32.8 Å². The molecule has 0 bridgehead atoms. The van der Waals surface area contributed by atoms with E-state index in [1.807, 2.05) is 61.8 Å². The van der Waals surface area contributed by atoms with Crippen molar-refractivity contribution in [1.29, 1.82) is 0 Å². The Hall–Kier alpha value is -1.92. The summed E-state index contributed by atoms with van der Waals surface area (Å²) in [5, 5.41) is 0. The third kappa shape index (κ3) is 3.55. The van der Waals surface area contributed by atoms with Gasteiger partial charge in [0.15, 0.2) is 0 Å². The fraction of sp³-hybridized carbons (Fsp3) is 0.636. The van der Waals surface area contributed by atoms with Gasteiger partial charge in [-0.2, -0.15) is 0 Å². The maximum Gasteiger partial charge on any atom is 0.253 e. The average Bonchev–Trinajstić information content (AvgIpc) is 2.92. The fourth-order valence-corrected chi connectivity index (χ4v) is 4.36. The first-order valence-electron chi connectivity index (χ1n) is 10.3. The van der Waals surface area contributed by atoms with Gasteiger partial charge in [0, 0.05) is 50.2 Å². The number of nitrogens with two attached hydrogens (primary N) is 1. The number of amides is 2. The minimum atomic E-state index is -0.900. The lowest BCUT2D eigenvalue weighted by Gasteiger charge is -2.58. The summed E-state index contributed by atoms with van der Waals surface area (Å²) in [5.74, 6) is 0.0131. The molecule has 0 radical (unpaired) electrons. The van der Waals surface area contributed by atoms with E-state index < -0.39 is 11.0 Å². The second kappa shape index (κ2) is 7.84. The normalized spacial score (nSPS) is 27.1. The minimum absolute atomic E-state index is 0.0119. The standard InChI is InChI=1S/C22H33N3O3/c1-5-28-18-15-22(23,21(18,3)4)20(27)25-11-7-10-24(12-13-25)19(26)17-9-6-8-16(2)14-17/h6,8-9,14,18H,5,7,10-13,15,23H2,1-4H3. The Morgan fingerprint density at radius 1 is 1.18 bits per heavy atom. The van der Waals surface area contributed by atoms with E-state index in [-0.39, 0.29) is 17.9 Å². The van der Waals surface area contributed by atoms with Gasteiger partial charge in [0.05, 0.1) is 6.10 Å². The Morgan fingerprint density at radius 2 is 1.86 bits per heavy atom. The van der Waals surface area contributed by atoms with Crippen LogP contribution in [0.2, 0.25) is 0 Å². The largest absolute Gasteiger partial charge is 0.378 e. The third-order valence-corrected chi connectivity index (χ3v) is 6.55. The SMILES string of the molecule is CCOC1CC(N)(C(=O)N2CCCN(C(=O)c3cccc(C)c3)CC2)C1(C)C. The van der Waals surface area contributed by atoms with E-state index in [0.29, 0.717) is 44.8 Å². The highest BCUT2D eigenvalue weighted by atomic mass is 16.5. The van der Waals surface area contributed by atoms with Crippen molar-refractivity contribution in [3.63, 3.8) is 0 Å². The molecule has 6 heteroatoms. The number of hydrogen-bond acceptors (Lipinski definition) is 4. The molecule has 1 heterocycles. The number of aryl methyl sites for hydroxylation is 1. The second-order valence-corrected chi connectivity index (χ2v) is 8.65. The van der Waals surface area contributed by atoms with E-state index in [9.17, 15) is 9.59 Å². The molecule has 28 heavy (non-hydrogen) atoms. The van der Waals surface area contributed by atoms with Crippen LogP contribution in [0, 0.1) is 12.3 Å². The number of carbonyl (C=O) groups excluding carboxylic acids is 2. The molecule has 0 aromatic heterocycles. The molecular weight excluding hydrogens is 354 g/mol. The van der Waals surface area contributed by atoms with Gasteiger partial charge in [0.2, 0.25) is 5.91 Å². The summed E-state index contributed by atoms with van der Waals surface area (Å²) in [4.78, 5) is 29.8. The molecule has 1 saturated carbocycles. The van der Waals surface area contributed by atoms with Crippen LogP contribution in [0.1, 0.15) is 49.5 Å². The fourth-order valence-electron chi connectivity index (χ4n) is 4.36. The first-order valence-corrected chi connectivity index (χ1v) is 10.3. The molecule has 1 aliphatic heterocycles. The van der Waals surface area contributed by atoms with Gasteiger partial charge in [-0.15, -0.1) is 0 Å². The topological polar surface area (TPSA) is 75.9 Å².